The van der Waals surface area contributed by atoms with Crippen molar-refractivity contribution in [1.82, 2.24) is 4.57 Å². The monoisotopic (exact) mass is 492 g/mol. The Morgan fingerprint density at radius 1 is 1.14 bits per heavy atom. The highest BCUT2D eigenvalue weighted by Gasteiger charge is 2.39. The van der Waals surface area contributed by atoms with Crippen LogP contribution in [0.1, 0.15) is 57.2 Å². The minimum atomic E-state index is -1.33. The molecule has 0 saturated carbocycles. The number of anilines is 1. The van der Waals surface area contributed by atoms with E-state index in [4.69, 9.17) is 9.84 Å². The predicted molar refractivity (Wildman–Crippen MR) is 139 cm³/mol. The van der Waals surface area contributed by atoms with Crippen LogP contribution in [0.3, 0.4) is 0 Å². The molecule has 0 saturated heterocycles. The molecule has 2 aliphatic rings. The van der Waals surface area contributed by atoms with Gasteiger partial charge in [0, 0.05) is 24.0 Å². The summed E-state index contributed by atoms with van der Waals surface area (Å²) in [5, 5.41) is 19.5. The number of carbonyl (C=O) groups is 2. The van der Waals surface area contributed by atoms with E-state index in [0.717, 1.165) is 31.5 Å². The largest absolute Gasteiger partial charge is 0.492 e. The number of rotatable bonds is 6. The molecule has 0 fully saturated rings. The lowest BCUT2D eigenvalue weighted by atomic mass is 9.69. The second-order valence-corrected chi connectivity index (χ2v) is 10.8. The molecule has 8 heteroatoms. The average molecular weight is 493 g/mol. The third kappa shape index (κ3) is 4.32. The molecule has 3 heterocycles. The lowest BCUT2D eigenvalue weighted by Gasteiger charge is -2.48. The van der Waals surface area contributed by atoms with Crippen LogP contribution < -0.4 is 25.6 Å². The molecule has 4 rings (SSSR count). The van der Waals surface area contributed by atoms with E-state index >= 15 is 0 Å². The van der Waals surface area contributed by atoms with Crippen molar-refractivity contribution >= 4 is 36.9 Å². The number of ether oxygens (including phenoxy) is 1. The van der Waals surface area contributed by atoms with E-state index in [1.807, 2.05) is 6.08 Å². The Morgan fingerprint density at radius 3 is 2.25 bits per heavy atom. The van der Waals surface area contributed by atoms with Gasteiger partial charge in [-0.1, -0.05) is 46.4 Å². The normalized spacial score (nSPS) is 18.2. The zero-order valence-corrected chi connectivity index (χ0v) is 21.1. The summed E-state index contributed by atoms with van der Waals surface area (Å²) < 4.78 is 5.45. The summed E-state index contributed by atoms with van der Waals surface area (Å²) in [4.78, 5) is 37.6. The van der Waals surface area contributed by atoms with E-state index in [2.05, 4.69) is 51.3 Å². The number of aromatic hydroxyl groups is 1. The van der Waals surface area contributed by atoms with Crippen molar-refractivity contribution in [3.05, 3.63) is 55.7 Å². The van der Waals surface area contributed by atoms with E-state index in [-0.39, 0.29) is 33.5 Å². The Kier molecular flexibility index (Phi) is 6.32. The molecular formula is C28H32N2O6. The first-order valence-electron chi connectivity index (χ1n) is 12.0. The number of carbonyl (C=O) groups excluding carboxylic acids is 1. The minimum absolute atomic E-state index is 0.00525. The first kappa shape index (κ1) is 25.3. The number of carboxylic acid groups (broad SMARTS) is 1. The summed E-state index contributed by atoms with van der Waals surface area (Å²) in [5.41, 5.74) is 4.27. The Labute approximate surface area is 209 Å². The summed E-state index contributed by atoms with van der Waals surface area (Å²) in [7, 11) is 0. The lowest BCUT2D eigenvalue weighted by molar-refractivity contribution is -0.137. The first-order chi connectivity index (χ1) is 16.9. The molecule has 0 unspecified atom stereocenters. The number of allylic oxidation sites excluding steroid dienone is 1. The SMILES string of the molecule is C=c1c(OC=O)c(O)n(CC(=O)O)c(=O)/c1=C\C=C\c1cc2c3c(c1)C(C)(C)CCN3CCC2(C)C. The van der Waals surface area contributed by atoms with Crippen molar-refractivity contribution in [3.63, 3.8) is 0 Å². The molecule has 0 atom stereocenters. The highest BCUT2D eigenvalue weighted by atomic mass is 16.5. The maximum absolute atomic E-state index is 12.9. The van der Waals surface area contributed by atoms with Crippen molar-refractivity contribution < 1.29 is 24.5 Å². The number of pyridine rings is 1. The maximum Gasteiger partial charge on any atom is 0.323 e. The lowest BCUT2D eigenvalue weighted by Crippen LogP contribution is -2.45. The highest BCUT2D eigenvalue weighted by Crippen LogP contribution is 2.49. The molecule has 0 spiro atoms. The molecule has 36 heavy (non-hydrogen) atoms. The van der Waals surface area contributed by atoms with Gasteiger partial charge in [-0.05, 0) is 58.6 Å². The van der Waals surface area contributed by atoms with Crippen LogP contribution in [0, 0.1) is 0 Å². The van der Waals surface area contributed by atoms with E-state index in [9.17, 15) is 19.5 Å². The number of hydrogen-bond acceptors (Lipinski definition) is 6. The second kappa shape index (κ2) is 9.00. The van der Waals surface area contributed by atoms with Crippen LogP contribution >= 0.6 is 0 Å². The summed E-state index contributed by atoms with van der Waals surface area (Å²) in [6.45, 7) is 14.2. The molecule has 0 radical (unpaired) electrons. The van der Waals surface area contributed by atoms with Crippen LogP contribution in [0.2, 0.25) is 0 Å². The van der Waals surface area contributed by atoms with E-state index in [0.29, 0.717) is 4.57 Å². The summed E-state index contributed by atoms with van der Waals surface area (Å²) >= 11 is 0. The summed E-state index contributed by atoms with van der Waals surface area (Å²) in [5.74, 6) is -2.44. The van der Waals surface area contributed by atoms with Crippen molar-refractivity contribution in [2.45, 2.75) is 57.9 Å². The van der Waals surface area contributed by atoms with Gasteiger partial charge in [-0.2, -0.15) is 0 Å². The van der Waals surface area contributed by atoms with Crippen molar-refractivity contribution in [2.24, 2.45) is 0 Å². The Morgan fingerprint density at radius 2 is 1.72 bits per heavy atom. The number of hydrogen-bond donors (Lipinski definition) is 2. The Balaban J connectivity index is 1.86. The molecule has 2 N–H and O–H groups in total. The topological polar surface area (TPSA) is 109 Å². The van der Waals surface area contributed by atoms with Crippen LogP contribution in [0.5, 0.6) is 11.6 Å². The standard InChI is InChI=1S/C28H32N2O6/c1-17-19(25(34)30(15-22(32)33)26(35)24(17)36-16-31)8-6-7-18-13-20-23-21(14-18)28(4,5)10-12-29(23)11-9-27(20,2)3/h6-8,13-14,16,35H,1,9-12,15H2,2-5H3,(H,32,33)/b7-6+,19-8-. The van der Waals surface area contributed by atoms with Gasteiger partial charge in [0.05, 0.1) is 5.22 Å². The van der Waals surface area contributed by atoms with E-state index in [1.165, 1.54) is 22.9 Å². The maximum atomic E-state index is 12.9. The number of nitrogens with zero attached hydrogens (tertiary/aromatic N) is 2. The van der Waals surface area contributed by atoms with Gasteiger partial charge in [0.25, 0.3) is 12.0 Å². The van der Waals surface area contributed by atoms with Crippen molar-refractivity contribution in [2.75, 3.05) is 18.0 Å². The number of carboxylic acids is 1. The smallest absolute Gasteiger partial charge is 0.323 e. The van der Waals surface area contributed by atoms with Gasteiger partial charge in [-0.25, -0.2) is 0 Å². The minimum Gasteiger partial charge on any atom is -0.492 e. The zero-order chi connectivity index (χ0) is 26.4. The van der Waals surface area contributed by atoms with Gasteiger partial charge in [0.1, 0.15) is 6.54 Å². The van der Waals surface area contributed by atoms with Crippen LogP contribution in [-0.4, -0.2) is 40.3 Å². The molecule has 1 aromatic carbocycles. The number of aromatic nitrogens is 1. The fourth-order valence-electron chi connectivity index (χ4n) is 5.19. The molecule has 1 aromatic heterocycles. The second-order valence-electron chi connectivity index (χ2n) is 10.8. The van der Waals surface area contributed by atoms with Crippen LogP contribution in [0.15, 0.2) is 23.0 Å². The number of benzene rings is 1. The van der Waals surface area contributed by atoms with Crippen LogP contribution in [0.25, 0.3) is 18.7 Å². The Hall–Kier alpha value is -3.81. The molecule has 0 aliphatic carbocycles. The van der Waals surface area contributed by atoms with Crippen molar-refractivity contribution in [1.29, 1.82) is 0 Å². The molecule has 190 valence electrons. The zero-order valence-electron chi connectivity index (χ0n) is 21.1. The van der Waals surface area contributed by atoms with Gasteiger partial charge in [-0.3, -0.25) is 19.0 Å². The predicted octanol–water partition coefficient (Wildman–Crippen LogP) is 2.25. The molecule has 2 aliphatic heterocycles. The fraction of sp³-hybridized carbons (Fsp3) is 0.393. The fourth-order valence-corrected chi connectivity index (χ4v) is 5.19. The van der Waals surface area contributed by atoms with Gasteiger partial charge < -0.3 is 19.8 Å². The molecular weight excluding hydrogens is 460 g/mol. The molecule has 2 aromatic rings. The highest BCUT2D eigenvalue weighted by molar-refractivity contribution is 5.73. The molecule has 0 amide bonds. The van der Waals surface area contributed by atoms with Gasteiger partial charge in [0.15, 0.2) is 5.75 Å². The average Bonchev–Trinajstić information content (AvgIpc) is 2.80. The summed E-state index contributed by atoms with van der Waals surface area (Å²) in [6, 6.07) is 4.39. The van der Waals surface area contributed by atoms with Crippen LogP contribution in [-0.2, 0) is 27.0 Å². The van der Waals surface area contributed by atoms with Crippen molar-refractivity contribution in [3.8, 4) is 11.6 Å². The number of aliphatic carboxylic acids is 1. The first-order valence-corrected chi connectivity index (χ1v) is 12.0. The third-order valence-electron chi connectivity index (χ3n) is 7.46. The summed E-state index contributed by atoms with van der Waals surface area (Å²) in [6.07, 6.45) is 7.22. The Bertz CT molecular complexity index is 1410. The van der Waals surface area contributed by atoms with Crippen LogP contribution in [0.4, 0.5) is 5.69 Å². The van der Waals surface area contributed by atoms with Gasteiger partial charge >= 0.3 is 5.97 Å². The third-order valence-corrected chi connectivity index (χ3v) is 7.46. The molecule has 0 bridgehead atoms. The van der Waals surface area contributed by atoms with Gasteiger partial charge in [0.2, 0.25) is 5.88 Å². The van der Waals surface area contributed by atoms with E-state index < -0.39 is 24.0 Å². The van der Waals surface area contributed by atoms with E-state index in [1.54, 1.807) is 6.08 Å². The molecule has 8 nitrogen and oxygen atoms in total. The van der Waals surface area contributed by atoms with Gasteiger partial charge in [-0.15, -0.1) is 0 Å². The quantitative estimate of drug-likeness (QED) is 0.596.